The Morgan fingerprint density at radius 1 is 1.36 bits per heavy atom. The quantitative estimate of drug-likeness (QED) is 0.542. The molecule has 22 heavy (non-hydrogen) atoms. The van der Waals surface area contributed by atoms with E-state index in [2.05, 4.69) is 27.2 Å². The van der Waals surface area contributed by atoms with Gasteiger partial charge in [0.05, 0.1) is 15.6 Å². The maximum absolute atomic E-state index is 14.2. The molecule has 1 aromatic heterocycles. The maximum atomic E-state index is 14.2. The van der Waals surface area contributed by atoms with Crippen LogP contribution in [0.1, 0.15) is 19.3 Å². The number of rotatable bonds is 5. The van der Waals surface area contributed by atoms with Crippen LogP contribution in [0.5, 0.6) is 0 Å². The van der Waals surface area contributed by atoms with Crippen LogP contribution < -0.4 is 10.0 Å². The van der Waals surface area contributed by atoms with E-state index in [4.69, 9.17) is 11.6 Å². The largest absolute Gasteiger partial charge is 0.381 e. The summed E-state index contributed by atoms with van der Waals surface area (Å²) in [6.45, 7) is 0. The Kier molecular flexibility index (Phi) is 5.23. The van der Waals surface area contributed by atoms with Crippen molar-refractivity contribution >= 4 is 45.7 Å². The highest BCUT2D eigenvalue weighted by Gasteiger charge is 2.14. The molecule has 1 aliphatic carbocycles. The SMILES string of the molecule is Fc1cc(NC2CC=CCC2)c(Cl)cc1SNc1nccs1. The van der Waals surface area contributed by atoms with E-state index in [0.717, 1.165) is 24.4 Å². The van der Waals surface area contributed by atoms with Gasteiger partial charge in [0.25, 0.3) is 0 Å². The number of aromatic nitrogens is 1. The molecule has 3 nitrogen and oxygen atoms in total. The molecule has 0 aliphatic heterocycles. The standard InChI is InChI=1S/C15H15ClFN3S2/c16-11-8-14(22-20-15-18-6-7-21-15)12(17)9-13(11)19-10-4-2-1-3-5-10/h1-2,6-10,19H,3-5H2,(H,18,20). The zero-order valence-electron chi connectivity index (χ0n) is 11.7. The highest BCUT2D eigenvalue weighted by Crippen LogP contribution is 2.33. The maximum Gasteiger partial charge on any atom is 0.192 e. The molecule has 1 aliphatic rings. The number of nitrogens with zero attached hydrogens (tertiary/aromatic N) is 1. The van der Waals surface area contributed by atoms with Crippen LogP contribution >= 0.6 is 34.9 Å². The predicted octanol–water partition coefficient (Wildman–Crippen LogP) is 5.58. The fraction of sp³-hybridized carbons (Fsp3) is 0.267. The number of benzene rings is 1. The van der Waals surface area contributed by atoms with E-state index >= 15 is 0 Å². The van der Waals surface area contributed by atoms with Crippen LogP contribution in [0.3, 0.4) is 0 Å². The zero-order chi connectivity index (χ0) is 15.4. The summed E-state index contributed by atoms with van der Waals surface area (Å²) in [5.74, 6) is -0.299. The van der Waals surface area contributed by atoms with E-state index in [9.17, 15) is 4.39 Å². The van der Waals surface area contributed by atoms with Crippen molar-refractivity contribution in [3.05, 3.63) is 46.7 Å². The molecule has 1 unspecified atom stereocenters. The molecule has 116 valence electrons. The van der Waals surface area contributed by atoms with Crippen molar-refractivity contribution in [3.8, 4) is 0 Å². The summed E-state index contributed by atoms with van der Waals surface area (Å²) in [5.41, 5.74) is 0.651. The minimum atomic E-state index is -0.299. The molecular formula is C15H15ClFN3S2. The summed E-state index contributed by atoms with van der Waals surface area (Å²) in [7, 11) is 0. The molecule has 1 atom stereocenters. The van der Waals surface area contributed by atoms with E-state index in [1.54, 1.807) is 12.3 Å². The number of allylic oxidation sites excluding steroid dienone is 1. The highest BCUT2D eigenvalue weighted by atomic mass is 35.5. The third kappa shape index (κ3) is 3.94. The van der Waals surface area contributed by atoms with Gasteiger partial charge in [0.15, 0.2) is 5.13 Å². The monoisotopic (exact) mass is 355 g/mol. The van der Waals surface area contributed by atoms with Crippen molar-refractivity contribution in [1.29, 1.82) is 0 Å². The van der Waals surface area contributed by atoms with E-state index in [1.165, 1.54) is 29.4 Å². The molecule has 0 saturated heterocycles. The first-order chi connectivity index (χ1) is 10.7. The number of hydrogen-bond acceptors (Lipinski definition) is 5. The molecule has 0 radical (unpaired) electrons. The van der Waals surface area contributed by atoms with E-state index in [0.29, 0.717) is 21.6 Å². The molecule has 2 N–H and O–H groups in total. The molecule has 0 amide bonds. The summed E-state index contributed by atoms with van der Waals surface area (Å²) in [4.78, 5) is 4.54. The van der Waals surface area contributed by atoms with Crippen LogP contribution in [0, 0.1) is 5.82 Å². The lowest BCUT2D eigenvalue weighted by Gasteiger charge is -2.21. The van der Waals surface area contributed by atoms with Crippen molar-refractivity contribution in [2.45, 2.75) is 30.2 Å². The molecular weight excluding hydrogens is 341 g/mol. The van der Waals surface area contributed by atoms with Gasteiger partial charge in [-0.25, -0.2) is 9.37 Å². The van der Waals surface area contributed by atoms with Crippen molar-refractivity contribution < 1.29 is 4.39 Å². The number of nitrogens with one attached hydrogen (secondary N) is 2. The molecule has 1 aromatic carbocycles. The molecule has 0 saturated carbocycles. The fourth-order valence-electron chi connectivity index (χ4n) is 2.23. The van der Waals surface area contributed by atoms with Gasteiger partial charge < -0.3 is 10.0 Å². The van der Waals surface area contributed by atoms with E-state index in [-0.39, 0.29) is 5.82 Å². The Labute approximate surface area is 142 Å². The normalized spacial score (nSPS) is 17.5. The molecule has 7 heteroatoms. The van der Waals surface area contributed by atoms with Gasteiger partial charge in [-0.2, -0.15) is 0 Å². The number of anilines is 2. The van der Waals surface area contributed by atoms with Crippen LogP contribution in [0.15, 0.2) is 40.8 Å². The van der Waals surface area contributed by atoms with Gasteiger partial charge in [-0.3, -0.25) is 0 Å². The minimum absolute atomic E-state index is 0.299. The summed E-state index contributed by atoms with van der Waals surface area (Å²) in [6.07, 6.45) is 9.04. The number of thiazole rings is 1. The highest BCUT2D eigenvalue weighted by molar-refractivity contribution is 8.00. The van der Waals surface area contributed by atoms with Crippen LogP contribution in [0.2, 0.25) is 5.02 Å². The van der Waals surface area contributed by atoms with Crippen LogP contribution in [0.25, 0.3) is 0 Å². The lowest BCUT2D eigenvalue weighted by atomic mass is 10.0. The minimum Gasteiger partial charge on any atom is -0.381 e. The van der Waals surface area contributed by atoms with Gasteiger partial charge in [0.2, 0.25) is 0 Å². The number of halogens is 2. The first-order valence-electron chi connectivity index (χ1n) is 6.95. The predicted molar refractivity (Wildman–Crippen MR) is 93.4 cm³/mol. The van der Waals surface area contributed by atoms with Gasteiger partial charge in [-0.15, -0.1) is 11.3 Å². The first kappa shape index (κ1) is 15.6. The lowest BCUT2D eigenvalue weighted by molar-refractivity contribution is 0.600. The van der Waals surface area contributed by atoms with Crippen LogP contribution in [0.4, 0.5) is 15.2 Å². The summed E-state index contributed by atoms with van der Waals surface area (Å²) in [6, 6.07) is 3.42. The lowest BCUT2D eigenvalue weighted by Crippen LogP contribution is -2.20. The van der Waals surface area contributed by atoms with Gasteiger partial charge >= 0.3 is 0 Å². The number of hydrogen-bond donors (Lipinski definition) is 2. The van der Waals surface area contributed by atoms with Crippen LogP contribution in [-0.4, -0.2) is 11.0 Å². The van der Waals surface area contributed by atoms with Crippen molar-refractivity contribution in [3.63, 3.8) is 0 Å². The Morgan fingerprint density at radius 2 is 2.27 bits per heavy atom. The second-order valence-corrected chi connectivity index (χ2v) is 7.08. The average molecular weight is 356 g/mol. The summed E-state index contributed by atoms with van der Waals surface area (Å²) < 4.78 is 17.2. The molecule has 0 spiro atoms. The van der Waals surface area contributed by atoms with E-state index < -0.39 is 0 Å². The van der Waals surface area contributed by atoms with Gasteiger partial charge in [0.1, 0.15) is 5.82 Å². The summed E-state index contributed by atoms with van der Waals surface area (Å²) >= 11 is 8.91. The summed E-state index contributed by atoms with van der Waals surface area (Å²) in [5, 5.41) is 6.44. The van der Waals surface area contributed by atoms with Crippen molar-refractivity contribution in [2.75, 3.05) is 10.0 Å². The molecule has 0 fully saturated rings. The smallest absolute Gasteiger partial charge is 0.192 e. The fourth-order valence-corrected chi connectivity index (χ4v) is 3.79. The van der Waals surface area contributed by atoms with Crippen molar-refractivity contribution in [1.82, 2.24) is 4.98 Å². The topological polar surface area (TPSA) is 37.0 Å². The van der Waals surface area contributed by atoms with E-state index in [1.807, 2.05) is 5.38 Å². The van der Waals surface area contributed by atoms with Gasteiger partial charge in [-0.1, -0.05) is 23.8 Å². The van der Waals surface area contributed by atoms with Crippen molar-refractivity contribution in [2.24, 2.45) is 0 Å². The Hall–Kier alpha value is -1.24. The average Bonchev–Trinajstić information content (AvgIpc) is 3.04. The molecule has 1 heterocycles. The van der Waals surface area contributed by atoms with Gasteiger partial charge in [0, 0.05) is 17.6 Å². The van der Waals surface area contributed by atoms with Gasteiger partial charge in [-0.05, 0) is 43.3 Å². The molecule has 3 rings (SSSR count). The third-order valence-corrected chi connectivity index (χ3v) is 5.29. The zero-order valence-corrected chi connectivity index (χ0v) is 14.1. The first-order valence-corrected chi connectivity index (χ1v) is 9.02. The Balaban J connectivity index is 1.68. The molecule has 2 aromatic rings. The second kappa shape index (κ2) is 7.35. The molecule has 0 bridgehead atoms. The Morgan fingerprint density at radius 3 is 3.00 bits per heavy atom. The third-order valence-electron chi connectivity index (χ3n) is 3.33. The Bertz CT molecular complexity index is 661. The van der Waals surface area contributed by atoms with Crippen LogP contribution in [-0.2, 0) is 0 Å². The second-order valence-electron chi connectivity index (χ2n) is 4.93.